The summed E-state index contributed by atoms with van der Waals surface area (Å²) in [6.07, 6.45) is 5.11. The Hall–Kier alpha value is -3.68. The number of para-hydroxylation sites is 2. The quantitative estimate of drug-likeness (QED) is 0.738. The highest BCUT2D eigenvalue weighted by atomic mass is 16.5. The Kier molecular flexibility index (Phi) is 4.29. The maximum atomic E-state index is 13.2. The minimum Gasteiger partial charge on any atom is -0.495 e. The van der Waals surface area contributed by atoms with Gasteiger partial charge in [-0.05, 0) is 18.2 Å². The topological polar surface area (TPSA) is 95.2 Å². The van der Waals surface area contributed by atoms with Gasteiger partial charge >= 0.3 is 0 Å². The molecular formula is C19H19N6O2+. The third-order valence-corrected chi connectivity index (χ3v) is 4.52. The number of H-pyrrole nitrogens is 1. The number of nitrogens with one attached hydrogen (secondary N) is 3. The van der Waals surface area contributed by atoms with Gasteiger partial charge in [0.2, 0.25) is 11.9 Å². The van der Waals surface area contributed by atoms with E-state index in [1.807, 2.05) is 36.7 Å². The maximum absolute atomic E-state index is 13.2. The molecule has 136 valence electrons. The number of benzene rings is 1. The number of anilines is 2. The van der Waals surface area contributed by atoms with Crippen LogP contribution in [0.15, 0.2) is 67.4 Å². The van der Waals surface area contributed by atoms with E-state index in [4.69, 9.17) is 4.74 Å². The summed E-state index contributed by atoms with van der Waals surface area (Å²) in [4.78, 5) is 20.5. The Bertz CT molecular complexity index is 985. The van der Waals surface area contributed by atoms with E-state index < -0.39 is 5.92 Å². The molecule has 0 aliphatic carbocycles. The van der Waals surface area contributed by atoms with Crippen LogP contribution in [0.1, 0.15) is 11.6 Å². The lowest BCUT2D eigenvalue weighted by Crippen LogP contribution is -2.40. The molecule has 3 N–H and O–H groups in total. The van der Waals surface area contributed by atoms with Crippen LogP contribution in [-0.2, 0) is 4.79 Å². The van der Waals surface area contributed by atoms with Crippen LogP contribution in [0.3, 0.4) is 0 Å². The number of aromatic amines is 1. The van der Waals surface area contributed by atoms with Crippen molar-refractivity contribution in [1.29, 1.82) is 0 Å². The summed E-state index contributed by atoms with van der Waals surface area (Å²) in [5, 5.41) is 10.3. The number of fused-ring (bicyclic) bond motifs is 1. The first kappa shape index (κ1) is 16.8. The number of pyridine rings is 1. The molecule has 8 heteroatoms. The highest BCUT2D eigenvalue weighted by Crippen LogP contribution is 2.37. The minimum absolute atomic E-state index is 0.216. The van der Waals surface area contributed by atoms with Crippen LogP contribution in [0.4, 0.5) is 11.6 Å². The SMILES string of the molecule is C=C1Nc2ncnn2C(c2ccc[nH+]c2)C1C(=O)Nc1ccccc1OC. The van der Waals surface area contributed by atoms with Crippen molar-refractivity contribution >= 4 is 17.5 Å². The smallest absolute Gasteiger partial charge is 0.236 e. The Morgan fingerprint density at radius 2 is 2.19 bits per heavy atom. The van der Waals surface area contributed by atoms with Gasteiger partial charge < -0.3 is 15.4 Å². The lowest BCUT2D eigenvalue weighted by atomic mass is 9.89. The molecule has 27 heavy (non-hydrogen) atoms. The largest absolute Gasteiger partial charge is 0.495 e. The molecule has 0 saturated carbocycles. The van der Waals surface area contributed by atoms with Crippen LogP contribution in [0.25, 0.3) is 0 Å². The molecule has 1 aliphatic rings. The number of hydrogen-bond donors (Lipinski definition) is 2. The van der Waals surface area contributed by atoms with Crippen molar-refractivity contribution in [2.75, 3.05) is 17.7 Å². The second kappa shape index (κ2) is 6.91. The fraction of sp³-hybridized carbons (Fsp3) is 0.158. The second-order valence-corrected chi connectivity index (χ2v) is 6.13. The zero-order valence-corrected chi connectivity index (χ0v) is 14.7. The van der Waals surface area contributed by atoms with Crippen molar-refractivity contribution in [2.24, 2.45) is 5.92 Å². The molecule has 2 aromatic heterocycles. The monoisotopic (exact) mass is 363 g/mol. The van der Waals surface area contributed by atoms with Gasteiger partial charge in [-0.1, -0.05) is 18.7 Å². The third-order valence-electron chi connectivity index (χ3n) is 4.52. The first-order valence-electron chi connectivity index (χ1n) is 8.44. The normalized spacial score (nSPS) is 18.3. The van der Waals surface area contributed by atoms with Gasteiger partial charge in [0.05, 0.1) is 12.8 Å². The number of ether oxygens (including phenoxy) is 1. The summed E-state index contributed by atoms with van der Waals surface area (Å²) in [6, 6.07) is 10.7. The molecule has 8 nitrogen and oxygen atoms in total. The Morgan fingerprint density at radius 1 is 1.33 bits per heavy atom. The number of hydrogen-bond acceptors (Lipinski definition) is 5. The predicted octanol–water partition coefficient (Wildman–Crippen LogP) is 1.88. The van der Waals surface area contributed by atoms with Gasteiger partial charge in [0, 0.05) is 17.3 Å². The van der Waals surface area contributed by atoms with Crippen LogP contribution in [0.2, 0.25) is 0 Å². The standard InChI is InChI=1S/C19H18N6O2/c1-12-16(18(26)24-14-7-3-4-8-15(14)27-2)17(13-6-5-9-20-10-13)25-19(23-12)21-11-22-25/h3-11,16-17H,1H2,2H3,(H,24,26)(H,21,22,23)/p+1. The lowest BCUT2D eigenvalue weighted by Gasteiger charge is -2.33. The Labute approximate surface area is 155 Å². The summed E-state index contributed by atoms with van der Waals surface area (Å²) in [5.41, 5.74) is 2.05. The van der Waals surface area contributed by atoms with Gasteiger partial charge in [-0.2, -0.15) is 10.1 Å². The average molecular weight is 363 g/mol. The number of rotatable bonds is 4. The van der Waals surface area contributed by atoms with Crippen molar-refractivity contribution in [1.82, 2.24) is 14.8 Å². The third kappa shape index (κ3) is 3.01. The fourth-order valence-corrected chi connectivity index (χ4v) is 3.28. The second-order valence-electron chi connectivity index (χ2n) is 6.13. The van der Waals surface area contributed by atoms with Crippen LogP contribution < -0.4 is 20.4 Å². The molecule has 0 spiro atoms. The minimum atomic E-state index is -0.597. The highest BCUT2D eigenvalue weighted by Gasteiger charge is 2.40. The first-order valence-corrected chi connectivity index (χ1v) is 8.44. The number of carbonyl (C=O) groups is 1. The van der Waals surface area contributed by atoms with E-state index in [0.717, 1.165) is 5.56 Å². The molecule has 1 aliphatic heterocycles. The van der Waals surface area contributed by atoms with E-state index >= 15 is 0 Å². The van der Waals surface area contributed by atoms with E-state index in [1.54, 1.807) is 23.9 Å². The summed E-state index contributed by atoms with van der Waals surface area (Å²) in [6.45, 7) is 4.06. The molecule has 2 atom stereocenters. The summed E-state index contributed by atoms with van der Waals surface area (Å²) < 4.78 is 7.03. The van der Waals surface area contributed by atoms with Crippen molar-refractivity contribution < 1.29 is 14.5 Å². The van der Waals surface area contributed by atoms with Gasteiger partial charge in [-0.15, -0.1) is 0 Å². The van der Waals surface area contributed by atoms with Gasteiger partial charge in [0.1, 0.15) is 24.0 Å². The number of methoxy groups -OCH3 is 1. The summed E-state index contributed by atoms with van der Waals surface area (Å²) in [7, 11) is 1.57. The van der Waals surface area contributed by atoms with Crippen LogP contribution in [-0.4, -0.2) is 27.8 Å². The molecular weight excluding hydrogens is 344 g/mol. The van der Waals surface area contributed by atoms with E-state index in [0.29, 0.717) is 23.1 Å². The number of amides is 1. The Balaban J connectivity index is 1.73. The Morgan fingerprint density at radius 3 is 2.96 bits per heavy atom. The lowest BCUT2D eigenvalue weighted by molar-refractivity contribution is -0.379. The van der Waals surface area contributed by atoms with Crippen molar-refractivity contribution in [3.63, 3.8) is 0 Å². The van der Waals surface area contributed by atoms with Gasteiger partial charge in [0.15, 0.2) is 12.4 Å². The average Bonchev–Trinajstić information content (AvgIpc) is 3.15. The molecule has 0 bridgehead atoms. The van der Waals surface area contributed by atoms with Crippen molar-refractivity contribution in [3.05, 3.63) is 73.0 Å². The van der Waals surface area contributed by atoms with Crippen molar-refractivity contribution in [2.45, 2.75) is 6.04 Å². The molecule has 2 unspecified atom stereocenters. The van der Waals surface area contributed by atoms with Gasteiger partial charge in [-0.25, -0.2) is 9.67 Å². The van der Waals surface area contributed by atoms with Gasteiger partial charge in [-0.3, -0.25) is 4.79 Å². The zero-order chi connectivity index (χ0) is 18.8. The molecule has 0 fully saturated rings. The molecule has 0 radical (unpaired) electrons. The molecule has 3 aromatic rings. The molecule has 0 saturated heterocycles. The van der Waals surface area contributed by atoms with Crippen molar-refractivity contribution in [3.8, 4) is 5.75 Å². The first-order chi connectivity index (χ1) is 13.2. The number of aromatic nitrogens is 4. The summed E-state index contributed by atoms with van der Waals surface area (Å²) in [5.74, 6) is 0.327. The van der Waals surface area contributed by atoms with Crippen LogP contribution >= 0.6 is 0 Å². The zero-order valence-electron chi connectivity index (χ0n) is 14.7. The van der Waals surface area contributed by atoms with Crippen LogP contribution in [0, 0.1) is 5.92 Å². The van der Waals surface area contributed by atoms with Crippen LogP contribution in [0.5, 0.6) is 5.75 Å². The van der Waals surface area contributed by atoms with E-state index in [9.17, 15) is 4.79 Å². The molecule has 4 rings (SSSR count). The number of carbonyl (C=O) groups excluding carboxylic acids is 1. The van der Waals surface area contributed by atoms with E-state index in [-0.39, 0.29) is 11.9 Å². The molecule has 3 heterocycles. The molecule has 1 amide bonds. The van der Waals surface area contributed by atoms with Gasteiger partial charge in [0.25, 0.3) is 0 Å². The molecule has 1 aromatic carbocycles. The maximum Gasteiger partial charge on any atom is 0.236 e. The predicted molar refractivity (Wildman–Crippen MR) is 99.0 cm³/mol. The summed E-state index contributed by atoms with van der Waals surface area (Å²) >= 11 is 0. The number of nitrogens with zero attached hydrogens (tertiary/aromatic N) is 3. The fourth-order valence-electron chi connectivity index (χ4n) is 3.28. The van der Waals surface area contributed by atoms with E-state index in [1.165, 1.54) is 6.33 Å². The van der Waals surface area contributed by atoms with E-state index in [2.05, 4.69) is 32.3 Å². The highest BCUT2D eigenvalue weighted by molar-refractivity contribution is 5.96.